The minimum atomic E-state index is -0.908. The number of aryl methyl sites for hydroxylation is 3. The molecule has 0 aliphatic rings. The van der Waals surface area contributed by atoms with E-state index in [0.29, 0.717) is 23.9 Å². The highest BCUT2D eigenvalue weighted by Crippen LogP contribution is 2.31. The molecule has 1 atom stereocenters. The molecule has 10 nitrogen and oxygen atoms in total. The highest BCUT2D eigenvalue weighted by molar-refractivity contribution is 5.76. The molecule has 3 aromatic rings. The molecule has 3 rings (SSSR count). The molecule has 0 spiro atoms. The van der Waals surface area contributed by atoms with Gasteiger partial charge in [0.15, 0.2) is 0 Å². The van der Waals surface area contributed by atoms with Crippen molar-refractivity contribution in [2.75, 3.05) is 33.4 Å². The maximum Gasteiger partial charge on any atom is 0.258 e. The van der Waals surface area contributed by atoms with Gasteiger partial charge in [-0.15, -0.1) is 0 Å². The van der Waals surface area contributed by atoms with Crippen molar-refractivity contribution in [1.82, 2.24) is 25.3 Å². The number of aliphatic hydroxyl groups excluding tert-OH is 2. The van der Waals surface area contributed by atoms with Crippen LogP contribution >= 0.6 is 0 Å². The monoisotopic (exact) mass is 511 g/mol. The molecular weight excluding hydrogens is 474 g/mol. The Hall–Kier alpha value is -3.34. The first-order valence-corrected chi connectivity index (χ1v) is 12.6. The second kappa shape index (κ2) is 13.3. The molecule has 2 aromatic heterocycles. The highest BCUT2D eigenvalue weighted by Gasteiger charge is 2.17. The molecule has 0 saturated heterocycles. The number of nitrogens with one attached hydrogen (secondary N) is 1. The van der Waals surface area contributed by atoms with E-state index in [1.807, 2.05) is 45.0 Å². The third-order valence-corrected chi connectivity index (χ3v) is 5.81. The Morgan fingerprint density at radius 2 is 1.95 bits per heavy atom. The Morgan fingerprint density at radius 3 is 2.65 bits per heavy atom. The van der Waals surface area contributed by atoms with Crippen LogP contribution in [0.5, 0.6) is 5.75 Å². The molecule has 1 amide bonds. The van der Waals surface area contributed by atoms with Gasteiger partial charge in [0.1, 0.15) is 25.1 Å². The number of amides is 1. The standard InChI is InChI=1S/C27H37N5O5/c1-6-8-32(5)14-22-12-21(10-18(4)29-22)27-30-26(31-37-27)20-9-17(3)25(19(7-2)11-20)36-16-23(34)13-28-24(35)15-33/h9-12,23,33-34H,6-8,13-16H2,1-5H3,(H,28,35)/t23-/m0/s1. The van der Waals surface area contributed by atoms with Crippen LogP contribution in [0.1, 0.15) is 42.8 Å². The van der Waals surface area contributed by atoms with Gasteiger partial charge in [0.25, 0.3) is 5.89 Å². The number of pyridine rings is 1. The van der Waals surface area contributed by atoms with Crippen molar-refractivity contribution in [1.29, 1.82) is 0 Å². The van der Waals surface area contributed by atoms with Crippen LogP contribution in [0.4, 0.5) is 0 Å². The number of hydrogen-bond acceptors (Lipinski definition) is 9. The number of rotatable bonds is 13. The summed E-state index contributed by atoms with van der Waals surface area (Å²) in [6, 6.07) is 7.81. The molecule has 10 heteroatoms. The van der Waals surface area contributed by atoms with Gasteiger partial charge in [-0.05, 0) is 75.7 Å². The molecule has 1 aromatic carbocycles. The average Bonchev–Trinajstić information content (AvgIpc) is 3.36. The first-order valence-electron chi connectivity index (χ1n) is 12.6. The first-order chi connectivity index (χ1) is 17.7. The van der Waals surface area contributed by atoms with Crippen LogP contribution in [0.15, 0.2) is 28.8 Å². The van der Waals surface area contributed by atoms with E-state index >= 15 is 0 Å². The third-order valence-electron chi connectivity index (χ3n) is 5.81. The summed E-state index contributed by atoms with van der Waals surface area (Å²) in [4.78, 5) is 22.7. The summed E-state index contributed by atoms with van der Waals surface area (Å²) >= 11 is 0. The Labute approximate surface area is 217 Å². The lowest BCUT2D eigenvalue weighted by atomic mass is 10.0. The molecule has 0 bridgehead atoms. The molecule has 0 radical (unpaired) electrons. The fraction of sp³-hybridized carbons (Fsp3) is 0.481. The zero-order valence-electron chi connectivity index (χ0n) is 22.2. The normalized spacial score (nSPS) is 12.1. The van der Waals surface area contributed by atoms with Gasteiger partial charge in [-0.1, -0.05) is 19.0 Å². The number of carbonyl (C=O) groups excluding carboxylic acids is 1. The van der Waals surface area contributed by atoms with E-state index in [0.717, 1.165) is 53.2 Å². The van der Waals surface area contributed by atoms with Crippen molar-refractivity contribution in [3.05, 3.63) is 46.8 Å². The zero-order chi connectivity index (χ0) is 26.9. The fourth-order valence-corrected chi connectivity index (χ4v) is 4.11. The minimum absolute atomic E-state index is 0.00241. The predicted molar refractivity (Wildman–Crippen MR) is 140 cm³/mol. The number of aliphatic hydroxyl groups is 2. The summed E-state index contributed by atoms with van der Waals surface area (Å²) in [6.07, 6.45) is 0.869. The summed E-state index contributed by atoms with van der Waals surface area (Å²) in [5.41, 5.74) is 5.29. The molecule has 3 N–H and O–H groups in total. The molecule has 0 saturated carbocycles. The summed E-state index contributed by atoms with van der Waals surface area (Å²) in [6.45, 7) is 9.16. The minimum Gasteiger partial charge on any atom is -0.490 e. The van der Waals surface area contributed by atoms with Gasteiger partial charge in [0.05, 0.1) is 5.69 Å². The van der Waals surface area contributed by atoms with E-state index in [-0.39, 0.29) is 13.2 Å². The molecule has 0 aliphatic carbocycles. The zero-order valence-corrected chi connectivity index (χ0v) is 22.2. The number of carbonyl (C=O) groups is 1. The first kappa shape index (κ1) is 28.2. The molecule has 0 unspecified atom stereocenters. The number of benzene rings is 1. The van der Waals surface area contributed by atoms with Crippen molar-refractivity contribution >= 4 is 5.91 Å². The smallest absolute Gasteiger partial charge is 0.258 e. The van der Waals surface area contributed by atoms with E-state index in [1.54, 1.807) is 0 Å². The molecule has 0 aliphatic heterocycles. The van der Waals surface area contributed by atoms with Crippen LogP contribution in [0.25, 0.3) is 22.8 Å². The average molecular weight is 512 g/mol. The summed E-state index contributed by atoms with van der Waals surface area (Å²) < 4.78 is 11.5. The van der Waals surface area contributed by atoms with E-state index in [2.05, 4.69) is 39.3 Å². The van der Waals surface area contributed by atoms with Gasteiger partial charge < -0.3 is 29.7 Å². The Bertz CT molecular complexity index is 1200. The second-order valence-corrected chi connectivity index (χ2v) is 9.21. The van der Waals surface area contributed by atoms with Crippen LogP contribution in [0.2, 0.25) is 0 Å². The molecule has 200 valence electrons. The van der Waals surface area contributed by atoms with Gasteiger partial charge >= 0.3 is 0 Å². The topological polar surface area (TPSA) is 134 Å². The van der Waals surface area contributed by atoms with E-state index in [9.17, 15) is 9.90 Å². The van der Waals surface area contributed by atoms with Crippen molar-refractivity contribution < 1.29 is 24.3 Å². The van der Waals surface area contributed by atoms with Crippen molar-refractivity contribution in [2.24, 2.45) is 0 Å². The second-order valence-electron chi connectivity index (χ2n) is 9.21. The lowest BCUT2D eigenvalue weighted by Gasteiger charge is -2.17. The molecule has 2 heterocycles. The van der Waals surface area contributed by atoms with Crippen LogP contribution in [0, 0.1) is 13.8 Å². The SMILES string of the molecule is CCCN(C)Cc1cc(-c2nc(-c3cc(C)c(OC[C@@H](O)CNC(=O)CO)c(CC)c3)no2)cc(C)n1. The van der Waals surface area contributed by atoms with Gasteiger partial charge in [-0.25, -0.2) is 0 Å². The van der Waals surface area contributed by atoms with E-state index < -0.39 is 18.6 Å². The summed E-state index contributed by atoms with van der Waals surface area (Å²) in [5.74, 6) is 1.04. The summed E-state index contributed by atoms with van der Waals surface area (Å²) in [7, 11) is 2.08. The third kappa shape index (κ3) is 7.82. The van der Waals surface area contributed by atoms with Crippen LogP contribution in [0.3, 0.4) is 0 Å². The largest absolute Gasteiger partial charge is 0.490 e. The highest BCUT2D eigenvalue weighted by atomic mass is 16.5. The van der Waals surface area contributed by atoms with Gasteiger partial charge in [0.2, 0.25) is 11.7 Å². The maximum atomic E-state index is 11.2. The molecule has 37 heavy (non-hydrogen) atoms. The molecular formula is C27H37N5O5. The van der Waals surface area contributed by atoms with Gasteiger partial charge in [-0.3, -0.25) is 9.78 Å². The van der Waals surface area contributed by atoms with Crippen molar-refractivity contribution in [3.63, 3.8) is 0 Å². The quantitative estimate of drug-likeness (QED) is 0.317. The predicted octanol–water partition coefficient (Wildman–Crippen LogP) is 2.67. The van der Waals surface area contributed by atoms with E-state index in [4.69, 9.17) is 14.4 Å². The van der Waals surface area contributed by atoms with Crippen LogP contribution < -0.4 is 10.1 Å². The Balaban J connectivity index is 1.78. The lowest BCUT2D eigenvalue weighted by molar-refractivity contribution is -0.124. The number of ether oxygens (including phenoxy) is 1. The molecule has 0 fully saturated rings. The lowest BCUT2D eigenvalue weighted by Crippen LogP contribution is -2.36. The number of nitrogens with zero attached hydrogens (tertiary/aromatic N) is 4. The van der Waals surface area contributed by atoms with E-state index in [1.165, 1.54) is 0 Å². The van der Waals surface area contributed by atoms with Crippen molar-refractivity contribution in [3.8, 4) is 28.6 Å². The van der Waals surface area contributed by atoms with Gasteiger partial charge in [0, 0.05) is 29.9 Å². The maximum absolute atomic E-state index is 11.2. The Kier molecular flexibility index (Phi) is 10.1. The van der Waals surface area contributed by atoms with Crippen LogP contribution in [-0.4, -0.2) is 75.6 Å². The Morgan fingerprint density at radius 1 is 1.16 bits per heavy atom. The number of hydrogen-bond donors (Lipinski definition) is 3. The van der Waals surface area contributed by atoms with Gasteiger partial charge in [-0.2, -0.15) is 4.98 Å². The fourth-order valence-electron chi connectivity index (χ4n) is 4.11. The van der Waals surface area contributed by atoms with Crippen LogP contribution in [-0.2, 0) is 17.8 Å². The number of aromatic nitrogens is 3. The summed E-state index contributed by atoms with van der Waals surface area (Å²) in [5, 5.41) is 25.5. The van der Waals surface area contributed by atoms with Crippen molar-refractivity contribution in [2.45, 2.75) is 53.2 Å².